The minimum atomic E-state index is -3.29. The SMILES string of the molecule is O=C(O)N1CC(O)C(F)(F)C1. The summed E-state index contributed by atoms with van der Waals surface area (Å²) in [5.41, 5.74) is 0. The van der Waals surface area contributed by atoms with Gasteiger partial charge in [0, 0.05) is 0 Å². The molecule has 0 radical (unpaired) electrons. The van der Waals surface area contributed by atoms with Gasteiger partial charge in [-0.05, 0) is 0 Å². The van der Waals surface area contributed by atoms with Gasteiger partial charge >= 0.3 is 6.09 Å². The molecule has 6 heteroatoms. The van der Waals surface area contributed by atoms with Crippen molar-refractivity contribution in [3.63, 3.8) is 0 Å². The average molecular weight is 167 g/mol. The maximum atomic E-state index is 12.4. The Morgan fingerprint density at radius 1 is 1.64 bits per heavy atom. The monoisotopic (exact) mass is 167 g/mol. The molecule has 1 aliphatic heterocycles. The predicted octanol–water partition coefficient (Wildman–Crippen LogP) is -0.0238. The van der Waals surface area contributed by atoms with Crippen LogP contribution in [0.4, 0.5) is 13.6 Å². The fourth-order valence-electron chi connectivity index (χ4n) is 0.912. The fraction of sp³-hybridized carbons (Fsp3) is 0.800. The van der Waals surface area contributed by atoms with Gasteiger partial charge in [0.15, 0.2) is 0 Å². The molecule has 4 nitrogen and oxygen atoms in total. The van der Waals surface area contributed by atoms with E-state index >= 15 is 0 Å². The minimum absolute atomic E-state index is 0.491. The number of amides is 1. The second-order valence-electron chi connectivity index (χ2n) is 2.44. The van der Waals surface area contributed by atoms with Crippen LogP contribution in [0.15, 0.2) is 0 Å². The first kappa shape index (κ1) is 8.19. The van der Waals surface area contributed by atoms with Gasteiger partial charge in [0.2, 0.25) is 0 Å². The van der Waals surface area contributed by atoms with Gasteiger partial charge in [-0.15, -0.1) is 0 Å². The highest BCUT2D eigenvalue weighted by Crippen LogP contribution is 2.27. The van der Waals surface area contributed by atoms with Crippen LogP contribution in [-0.4, -0.2) is 46.3 Å². The van der Waals surface area contributed by atoms with Crippen LogP contribution < -0.4 is 0 Å². The highest BCUT2D eigenvalue weighted by atomic mass is 19.3. The lowest BCUT2D eigenvalue weighted by molar-refractivity contribution is -0.0727. The van der Waals surface area contributed by atoms with Crippen LogP contribution in [0, 0.1) is 0 Å². The van der Waals surface area contributed by atoms with E-state index in [0.29, 0.717) is 4.90 Å². The Balaban J connectivity index is 2.64. The molecule has 2 N–H and O–H groups in total. The molecule has 1 fully saturated rings. The van der Waals surface area contributed by atoms with Crippen molar-refractivity contribution >= 4 is 6.09 Å². The Kier molecular flexibility index (Phi) is 1.71. The molecule has 64 valence electrons. The lowest BCUT2D eigenvalue weighted by Gasteiger charge is -2.10. The summed E-state index contributed by atoms with van der Waals surface area (Å²) >= 11 is 0. The number of hydrogen-bond donors (Lipinski definition) is 2. The molecule has 0 aromatic rings. The maximum absolute atomic E-state index is 12.4. The van der Waals surface area contributed by atoms with Crippen molar-refractivity contribution in [1.82, 2.24) is 4.90 Å². The van der Waals surface area contributed by atoms with Crippen molar-refractivity contribution in [1.29, 1.82) is 0 Å². The van der Waals surface area contributed by atoms with Crippen LogP contribution in [-0.2, 0) is 0 Å². The third-order valence-electron chi connectivity index (χ3n) is 1.55. The number of rotatable bonds is 0. The highest BCUT2D eigenvalue weighted by Gasteiger charge is 2.48. The van der Waals surface area contributed by atoms with E-state index in [1.54, 1.807) is 0 Å². The number of likely N-dealkylation sites (tertiary alicyclic amines) is 1. The molecule has 1 atom stereocenters. The van der Waals surface area contributed by atoms with E-state index in [0.717, 1.165) is 0 Å². The summed E-state index contributed by atoms with van der Waals surface area (Å²) in [6.07, 6.45) is -3.29. The van der Waals surface area contributed by atoms with Gasteiger partial charge in [-0.3, -0.25) is 4.90 Å². The van der Waals surface area contributed by atoms with Crippen molar-refractivity contribution in [2.24, 2.45) is 0 Å². The molecular weight excluding hydrogens is 160 g/mol. The Bertz CT molecular complexity index is 185. The van der Waals surface area contributed by atoms with Gasteiger partial charge in [-0.25, -0.2) is 13.6 Å². The number of alkyl halides is 2. The van der Waals surface area contributed by atoms with Gasteiger partial charge in [0.05, 0.1) is 13.1 Å². The number of carboxylic acid groups (broad SMARTS) is 1. The van der Waals surface area contributed by atoms with Crippen LogP contribution in [0.3, 0.4) is 0 Å². The first-order chi connectivity index (χ1) is 4.93. The topological polar surface area (TPSA) is 60.8 Å². The molecule has 0 aliphatic carbocycles. The van der Waals surface area contributed by atoms with Gasteiger partial charge in [-0.2, -0.15) is 0 Å². The number of carbonyl (C=O) groups is 1. The third kappa shape index (κ3) is 1.40. The molecule has 1 aliphatic rings. The zero-order valence-electron chi connectivity index (χ0n) is 5.50. The average Bonchev–Trinajstić information content (AvgIpc) is 2.08. The van der Waals surface area contributed by atoms with Gasteiger partial charge in [-0.1, -0.05) is 0 Å². The second kappa shape index (κ2) is 2.30. The number of aliphatic hydroxyl groups is 1. The Morgan fingerprint density at radius 3 is 2.36 bits per heavy atom. The van der Waals surface area contributed by atoms with Crippen LogP contribution in [0.25, 0.3) is 0 Å². The largest absolute Gasteiger partial charge is 0.465 e. The number of hydrogen-bond acceptors (Lipinski definition) is 2. The molecule has 1 heterocycles. The highest BCUT2D eigenvalue weighted by molar-refractivity contribution is 5.65. The molecule has 11 heavy (non-hydrogen) atoms. The van der Waals surface area contributed by atoms with Crippen molar-refractivity contribution in [2.75, 3.05) is 13.1 Å². The third-order valence-corrected chi connectivity index (χ3v) is 1.55. The van der Waals surface area contributed by atoms with E-state index < -0.39 is 31.2 Å². The first-order valence-corrected chi connectivity index (χ1v) is 2.97. The van der Waals surface area contributed by atoms with Crippen molar-refractivity contribution in [3.05, 3.63) is 0 Å². The second-order valence-corrected chi connectivity index (χ2v) is 2.44. The quantitative estimate of drug-likeness (QED) is 0.532. The summed E-state index contributed by atoms with van der Waals surface area (Å²) in [6.45, 7) is -1.42. The summed E-state index contributed by atoms with van der Waals surface area (Å²) in [4.78, 5) is 10.6. The number of aliphatic hydroxyl groups excluding tert-OH is 1. The standard InChI is InChI=1S/C5H7F2NO3/c6-5(7)2-8(4(10)11)1-3(5)9/h3,9H,1-2H2,(H,10,11). The molecule has 0 bridgehead atoms. The van der Waals surface area contributed by atoms with Gasteiger partial charge in [0.25, 0.3) is 5.92 Å². The summed E-state index contributed by atoms with van der Waals surface area (Å²) in [5.74, 6) is -3.29. The smallest absolute Gasteiger partial charge is 0.407 e. The van der Waals surface area contributed by atoms with E-state index in [1.165, 1.54) is 0 Å². The summed E-state index contributed by atoms with van der Waals surface area (Å²) < 4.78 is 24.8. The van der Waals surface area contributed by atoms with Gasteiger partial charge in [0.1, 0.15) is 6.10 Å². The fourth-order valence-corrected chi connectivity index (χ4v) is 0.912. The van der Waals surface area contributed by atoms with Crippen LogP contribution in [0.2, 0.25) is 0 Å². The zero-order chi connectivity index (χ0) is 8.65. The summed E-state index contributed by atoms with van der Waals surface area (Å²) in [6, 6.07) is 0. The Morgan fingerprint density at radius 2 is 2.18 bits per heavy atom. The van der Waals surface area contributed by atoms with E-state index in [-0.39, 0.29) is 0 Å². The molecule has 1 saturated heterocycles. The van der Waals surface area contributed by atoms with Crippen LogP contribution in [0.5, 0.6) is 0 Å². The normalized spacial score (nSPS) is 29.0. The van der Waals surface area contributed by atoms with E-state index in [4.69, 9.17) is 10.2 Å². The van der Waals surface area contributed by atoms with E-state index in [9.17, 15) is 13.6 Å². The summed E-state index contributed by atoms with van der Waals surface area (Å²) in [5, 5.41) is 16.9. The minimum Gasteiger partial charge on any atom is -0.465 e. The molecular formula is C5H7F2NO3. The molecule has 0 aromatic heterocycles. The number of nitrogens with zero attached hydrogens (tertiary/aromatic N) is 1. The van der Waals surface area contributed by atoms with E-state index in [1.807, 2.05) is 0 Å². The molecule has 0 spiro atoms. The predicted molar refractivity (Wildman–Crippen MR) is 30.6 cm³/mol. The lowest BCUT2D eigenvalue weighted by Crippen LogP contribution is -2.31. The van der Waals surface area contributed by atoms with Gasteiger partial charge < -0.3 is 10.2 Å². The molecule has 0 aromatic carbocycles. The maximum Gasteiger partial charge on any atom is 0.407 e. The van der Waals surface area contributed by atoms with Crippen molar-refractivity contribution in [2.45, 2.75) is 12.0 Å². The molecule has 1 rings (SSSR count). The number of β-amino-alcohol motifs (C(OH)–C–C–N with tert-alkyl or cyclic N) is 1. The number of halogens is 2. The molecule has 1 amide bonds. The van der Waals surface area contributed by atoms with Crippen LogP contribution >= 0.6 is 0 Å². The van der Waals surface area contributed by atoms with Crippen molar-refractivity contribution < 1.29 is 23.8 Å². The summed E-state index contributed by atoms with van der Waals surface area (Å²) in [7, 11) is 0. The van der Waals surface area contributed by atoms with Crippen LogP contribution in [0.1, 0.15) is 0 Å². The van der Waals surface area contributed by atoms with Crippen molar-refractivity contribution in [3.8, 4) is 0 Å². The zero-order valence-corrected chi connectivity index (χ0v) is 5.50. The Hall–Kier alpha value is -0.910. The molecule has 0 saturated carbocycles. The lowest BCUT2D eigenvalue weighted by atomic mass is 10.2. The first-order valence-electron chi connectivity index (χ1n) is 2.97. The molecule has 1 unspecified atom stereocenters. The van der Waals surface area contributed by atoms with E-state index in [2.05, 4.69) is 0 Å². The Labute approximate surface area is 61.0 Å².